The first-order valence-corrected chi connectivity index (χ1v) is 14.9. The standard InChI is InChI=1S/C24H14O8S4/c25-21-19-15-5-3-13(35(27,28)29)9-11(15)1-7-17(19)33-23(21)24-22(26)20-16-6-4-14(36(30,31)32)10-12(16)2-8-18(20)34-24/h1,3-10,12H,2H2,(H,27,28,29)(H,30,31,32)/p-2/b24-23-. The second kappa shape index (κ2) is 7.88. The highest BCUT2D eigenvalue weighted by atomic mass is 32.2. The number of carbonyl (C=O) groups excluding carboxylic acids is 2. The molecule has 12 heteroatoms. The number of hydrogen-bond acceptors (Lipinski definition) is 10. The smallest absolute Gasteiger partial charge is 0.202 e. The highest BCUT2D eigenvalue weighted by molar-refractivity contribution is 8.11. The lowest BCUT2D eigenvalue weighted by molar-refractivity contribution is -0.111. The first-order valence-electron chi connectivity index (χ1n) is 10.5. The molecule has 1 atom stereocenters. The molecule has 0 saturated carbocycles. The third-order valence-corrected chi connectivity index (χ3v) is 10.5. The molecule has 2 aliphatic carbocycles. The number of carbonyl (C=O) groups is 2. The Labute approximate surface area is 214 Å². The van der Waals surface area contributed by atoms with E-state index in [1.54, 1.807) is 12.1 Å². The molecular formula is C24H12O8S4-2. The second-order valence-corrected chi connectivity index (χ2v) is 13.3. The Morgan fingerprint density at radius 3 is 2.33 bits per heavy atom. The van der Waals surface area contributed by atoms with E-state index in [4.69, 9.17) is 0 Å². The first-order chi connectivity index (χ1) is 16.9. The summed E-state index contributed by atoms with van der Waals surface area (Å²) in [4.78, 5) is 28.1. The number of thioether (sulfide) groups is 2. The molecule has 0 aromatic heterocycles. The zero-order valence-electron chi connectivity index (χ0n) is 17.9. The molecule has 0 radical (unpaired) electrons. The fourth-order valence-electron chi connectivity index (χ4n) is 4.68. The summed E-state index contributed by atoms with van der Waals surface area (Å²) in [5.74, 6) is -1.14. The Balaban J connectivity index is 1.43. The second-order valence-electron chi connectivity index (χ2n) is 8.39. The average Bonchev–Trinajstić information content (AvgIpc) is 3.34. The zero-order chi connectivity index (χ0) is 25.6. The number of hydrogen-bond donors (Lipinski definition) is 0. The Morgan fingerprint density at radius 1 is 0.861 bits per heavy atom. The van der Waals surface area contributed by atoms with Crippen LogP contribution in [0.1, 0.15) is 16.8 Å². The minimum Gasteiger partial charge on any atom is -0.744 e. The van der Waals surface area contributed by atoms with Gasteiger partial charge in [-0.25, -0.2) is 16.8 Å². The van der Waals surface area contributed by atoms with Gasteiger partial charge in [0, 0.05) is 26.9 Å². The normalized spacial score (nSPS) is 23.6. The van der Waals surface area contributed by atoms with E-state index in [-0.39, 0.29) is 26.3 Å². The average molecular weight is 557 g/mol. The predicted octanol–water partition coefficient (Wildman–Crippen LogP) is 3.76. The Morgan fingerprint density at radius 2 is 1.61 bits per heavy atom. The summed E-state index contributed by atoms with van der Waals surface area (Å²) in [5.41, 5.74) is 1.35. The summed E-state index contributed by atoms with van der Waals surface area (Å²) < 4.78 is 68.4. The van der Waals surface area contributed by atoms with Crippen molar-refractivity contribution >= 4 is 66.1 Å². The Bertz CT molecular complexity index is 1840. The van der Waals surface area contributed by atoms with Gasteiger partial charge in [0.2, 0.25) is 11.6 Å². The predicted molar refractivity (Wildman–Crippen MR) is 132 cm³/mol. The molecule has 4 aliphatic rings. The molecule has 0 amide bonds. The maximum atomic E-state index is 13.5. The molecule has 1 unspecified atom stereocenters. The molecule has 8 nitrogen and oxygen atoms in total. The van der Waals surface area contributed by atoms with Crippen LogP contribution < -0.4 is 0 Å². The highest BCUT2D eigenvalue weighted by Gasteiger charge is 2.41. The lowest BCUT2D eigenvalue weighted by atomic mass is 9.82. The van der Waals surface area contributed by atoms with Crippen LogP contribution in [0.5, 0.6) is 0 Å². The SMILES string of the molecule is O=C1C2=C3C=CC(S(=O)(=O)[O-])=CC3CC=C2S/C1=C1\Sc2ccc3cc(S(=O)(=O)[O-])ccc3c2C1=O. The lowest BCUT2D eigenvalue weighted by Crippen LogP contribution is -2.15. The zero-order valence-corrected chi connectivity index (χ0v) is 21.1. The monoisotopic (exact) mass is 556 g/mol. The van der Waals surface area contributed by atoms with Crippen molar-refractivity contribution in [2.45, 2.75) is 16.2 Å². The summed E-state index contributed by atoms with van der Waals surface area (Å²) in [7, 11) is -9.28. The van der Waals surface area contributed by atoms with Crippen LogP contribution in [0, 0.1) is 5.92 Å². The molecule has 36 heavy (non-hydrogen) atoms. The molecule has 0 spiro atoms. The fraction of sp³-hybridized carbons (Fsp3) is 0.0833. The van der Waals surface area contributed by atoms with Gasteiger partial charge in [-0.2, -0.15) is 0 Å². The molecule has 1 fully saturated rings. The van der Waals surface area contributed by atoms with Crippen molar-refractivity contribution in [3.05, 3.63) is 91.0 Å². The summed E-state index contributed by atoms with van der Waals surface area (Å²) in [6, 6.07) is 7.09. The van der Waals surface area contributed by atoms with E-state index in [9.17, 15) is 35.5 Å². The van der Waals surface area contributed by atoms with E-state index in [2.05, 4.69) is 0 Å². The first kappa shape index (κ1) is 23.6. The van der Waals surface area contributed by atoms with E-state index in [0.29, 0.717) is 43.7 Å². The molecule has 2 aromatic rings. The van der Waals surface area contributed by atoms with Crippen molar-refractivity contribution in [1.29, 1.82) is 0 Å². The van der Waals surface area contributed by atoms with Gasteiger partial charge in [-0.3, -0.25) is 9.59 Å². The van der Waals surface area contributed by atoms with Crippen LogP contribution in [0.4, 0.5) is 0 Å². The number of fused-ring (bicyclic) bond motifs is 5. The van der Waals surface area contributed by atoms with E-state index < -0.39 is 31.0 Å². The number of rotatable bonds is 2. The van der Waals surface area contributed by atoms with Crippen molar-refractivity contribution in [3.8, 4) is 0 Å². The molecule has 182 valence electrons. The third-order valence-electron chi connectivity index (χ3n) is 6.31. The van der Waals surface area contributed by atoms with Gasteiger partial charge in [0.1, 0.15) is 20.2 Å². The number of allylic oxidation sites excluding steroid dienone is 8. The number of ketones is 2. The van der Waals surface area contributed by atoms with Gasteiger partial charge in [0.15, 0.2) is 0 Å². The van der Waals surface area contributed by atoms with Gasteiger partial charge in [0.25, 0.3) is 0 Å². The Hall–Kier alpha value is -2.74. The largest absolute Gasteiger partial charge is 0.744 e. The number of Topliss-reactive ketones (excluding diaryl/α,β-unsaturated/α-hetero) is 2. The van der Waals surface area contributed by atoms with E-state index in [0.717, 1.165) is 17.8 Å². The molecular weight excluding hydrogens is 545 g/mol. The summed E-state index contributed by atoms with van der Waals surface area (Å²) in [5, 5.41) is 0.901. The van der Waals surface area contributed by atoms with Crippen LogP contribution >= 0.6 is 23.5 Å². The summed E-state index contributed by atoms with van der Waals surface area (Å²) in [6.45, 7) is 0. The van der Waals surface area contributed by atoms with Gasteiger partial charge in [-0.15, -0.1) is 0 Å². The van der Waals surface area contributed by atoms with Crippen LogP contribution in [-0.2, 0) is 25.0 Å². The van der Waals surface area contributed by atoms with Crippen LogP contribution in [0.2, 0.25) is 0 Å². The molecule has 2 aliphatic heterocycles. The number of benzene rings is 2. The van der Waals surface area contributed by atoms with E-state index in [1.165, 1.54) is 42.1 Å². The van der Waals surface area contributed by atoms with Crippen molar-refractivity contribution in [2.24, 2.45) is 5.92 Å². The maximum absolute atomic E-state index is 13.5. The minimum absolute atomic E-state index is 0.256. The lowest BCUT2D eigenvalue weighted by Gasteiger charge is -2.25. The molecule has 2 heterocycles. The van der Waals surface area contributed by atoms with Crippen molar-refractivity contribution in [1.82, 2.24) is 0 Å². The topological polar surface area (TPSA) is 149 Å². The van der Waals surface area contributed by atoms with Crippen LogP contribution in [0.3, 0.4) is 0 Å². The van der Waals surface area contributed by atoms with Crippen LogP contribution in [-0.4, -0.2) is 37.5 Å². The molecule has 0 bridgehead atoms. The van der Waals surface area contributed by atoms with Crippen molar-refractivity contribution in [2.75, 3.05) is 0 Å². The van der Waals surface area contributed by atoms with Gasteiger partial charge in [-0.05, 0) is 47.0 Å². The van der Waals surface area contributed by atoms with Crippen molar-refractivity contribution in [3.63, 3.8) is 0 Å². The third kappa shape index (κ3) is 3.59. The van der Waals surface area contributed by atoms with Gasteiger partial charge < -0.3 is 9.11 Å². The summed E-state index contributed by atoms with van der Waals surface area (Å²) >= 11 is 2.34. The summed E-state index contributed by atoms with van der Waals surface area (Å²) in [6.07, 6.45) is 6.26. The molecule has 2 aromatic carbocycles. The van der Waals surface area contributed by atoms with Crippen LogP contribution in [0.15, 0.2) is 95.2 Å². The van der Waals surface area contributed by atoms with E-state index >= 15 is 0 Å². The molecule has 0 N–H and O–H groups in total. The quantitative estimate of drug-likeness (QED) is 0.395. The van der Waals surface area contributed by atoms with Gasteiger partial charge in [0.05, 0.1) is 19.6 Å². The minimum atomic E-state index is -4.66. The van der Waals surface area contributed by atoms with Crippen molar-refractivity contribution < 1.29 is 35.5 Å². The highest BCUT2D eigenvalue weighted by Crippen LogP contribution is 2.54. The maximum Gasteiger partial charge on any atom is 0.202 e. The van der Waals surface area contributed by atoms with E-state index in [1.807, 2.05) is 6.08 Å². The molecule has 1 saturated heterocycles. The van der Waals surface area contributed by atoms with Gasteiger partial charge >= 0.3 is 0 Å². The Kier molecular flexibility index (Phi) is 5.17. The van der Waals surface area contributed by atoms with Gasteiger partial charge in [-0.1, -0.05) is 53.9 Å². The van der Waals surface area contributed by atoms with Crippen LogP contribution in [0.25, 0.3) is 10.8 Å². The molecule has 6 rings (SSSR count). The fourth-order valence-corrected chi connectivity index (χ4v) is 8.14.